The molecule has 0 saturated carbocycles. The van der Waals surface area contributed by atoms with Crippen molar-refractivity contribution in [1.29, 1.82) is 0 Å². The topological polar surface area (TPSA) is 119 Å². The zero-order valence-electron chi connectivity index (χ0n) is 8.98. The summed E-state index contributed by atoms with van der Waals surface area (Å²) in [7, 11) is 0. The lowest BCUT2D eigenvalue weighted by atomic mass is 9.97. The number of ether oxygens (including phenoxy) is 1. The number of amides is 1. The van der Waals surface area contributed by atoms with Gasteiger partial charge in [-0.05, 0) is 0 Å². The third-order valence-corrected chi connectivity index (χ3v) is 2.49. The van der Waals surface area contributed by atoms with Crippen LogP contribution in [-0.4, -0.2) is 63.6 Å². The number of nitrogens with one attached hydrogen (secondary N) is 1. The molecule has 1 aliphatic rings. The standard InChI is InChI=1S/C10H15NO6/c1-2-3-6(13)11-7-9(15)8(14)5(4-12)17-10(7)16/h1,5,7-10,12,14-16H,3-4H2,(H,11,13)/t5?,7?,8-,9+,10+/m0/s1. The molecule has 0 radical (unpaired) electrons. The smallest absolute Gasteiger partial charge is 0.232 e. The molecule has 0 aromatic heterocycles. The van der Waals surface area contributed by atoms with E-state index in [0.717, 1.165) is 0 Å². The van der Waals surface area contributed by atoms with E-state index in [1.165, 1.54) is 0 Å². The lowest BCUT2D eigenvalue weighted by Crippen LogP contribution is -2.64. The van der Waals surface area contributed by atoms with Crippen LogP contribution in [-0.2, 0) is 9.53 Å². The van der Waals surface area contributed by atoms with Gasteiger partial charge >= 0.3 is 0 Å². The van der Waals surface area contributed by atoms with Crippen molar-refractivity contribution in [2.45, 2.75) is 37.1 Å². The molecule has 5 atom stereocenters. The lowest BCUT2D eigenvalue weighted by Gasteiger charge is -2.40. The quantitative estimate of drug-likeness (QED) is 0.336. The highest BCUT2D eigenvalue weighted by atomic mass is 16.6. The Kier molecular flexibility index (Phi) is 4.86. The average molecular weight is 245 g/mol. The van der Waals surface area contributed by atoms with Gasteiger partial charge < -0.3 is 30.5 Å². The van der Waals surface area contributed by atoms with E-state index in [0.29, 0.717) is 0 Å². The minimum Gasteiger partial charge on any atom is -0.394 e. The van der Waals surface area contributed by atoms with Crippen molar-refractivity contribution in [3.63, 3.8) is 0 Å². The molecule has 2 unspecified atom stereocenters. The second kappa shape index (κ2) is 5.95. The summed E-state index contributed by atoms with van der Waals surface area (Å²) >= 11 is 0. The molecule has 0 bridgehead atoms. The summed E-state index contributed by atoms with van der Waals surface area (Å²) < 4.78 is 4.84. The molecule has 1 fully saturated rings. The Hall–Kier alpha value is -1.17. The number of aliphatic hydroxyl groups excluding tert-OH is 4. The van der Waals surface area contributed by atoms with Crippen LogP contribution in [0.3, 0.4) is 0 Å². The van der Waals surface area contributed by atoms with Gasteiger partial charge in [0, 0.05) is 0 Å². The van der Waals surface area contributed by atoms with Crippen LogP contribution in [0.5, 0.6) is 0 Å². The summed E-state index contributed by atoms with van der Waals surface area (Å²) in [5.41, 5.74) is 0. The normalized spacial score (nSPS) is 37.2. The number of hydrogen-bond acceptors (Lipinski definition) is 6. The molecule has 0 aromatic rings. The largest absolute Gasteiger partial charge is 0.394 e. The second-order valence-corrected chi connectivity index (χ2v) is 3.70. The van der Waals surface area contributed by atoms with Gasteiger partial charge in [-0.3, -0.25) is 4.79 Å². The van der Waals surface area contributed by atoms with Gasteiger partial charge in [-0.25, -0.2) is 0 Å². The van der Waals surface area contributed by atoms with E-state index >= 15 is 0 Å². The van der Waals surface area contributed by atoms with E-state index < -0.39 is 43.2 Å². The van der Waals surface area contributed by atoms with Crippen LogP contribution in [0.1, 0.15) is 6.42 Å². The van der Waals surface area contributed by atoms with Crippen molar-refractivity contribution in [2.24, 2.45) is 0 Å². The molecule has 0 aromatic carbocycles. The first-order valence-electron chi connectivity index (χ1n) is 5.04. The average Bonchev–Trinajstić information content (AvgIpc) is 2.29. The molecule has 1 heterocycles. The molecule has 1 saturated heterocycles. The zero-order chi connectivity index (χ0) is 13.0. The fraction of sp³-hybridized carbons (Fsp3) is 0.700. The number of aliphatic hydroxyl groups is 4. The van der Waals surface area contributed by atoms with Crippen LogP contribution < -0.4 is 5.32 Å². The third kappa shape index (κ3) is 3.15. The van der Waals surface area contributed by atoms with Crippen molar-refractivity contribution in [3.05, 3.63) is 0 Å². The minimum atomic E-state index is -1.52. The Morgan fingerprint density at radius 1 is 1.35 bits per heavy atom. The summed E-state index contributed by atoms with van der Waals surface area (Å²) in [6, 6.07) is -1.19. The lowest BCUT2D eigenvalue weighted by molar-refractivity contribution is -0.253. The molecule has 1 aliphatic heterocycles. The van der Waals surface area contributed by atoms with Gasteiger partial charge in [-0.1, -0.05) is 5.92 Å². The first-order valence-corrected chi connectivity index (χ1v) is 5.04. The van der Waals surface area contributed by atoms with Crippen molar-refractivity contribution < 1.29 is 30.0 Å². The Bertz CT molecular complexity index is 314. The van der Waals surface area contributed by atoms with E-state index in [-0.39, 0.29) is 6.42 Å². The maximum atomic E-state index is 11.2. The summed E-state index contributed by atoms with van der Waals surface area (Å²) in [5, 5.41) is 39.8. The Morgan fingerprint density at radius 2 is 2.00 bits per heavy atom. The Balaban J connectivity index is 2.67. The first kappa shape index (κ1) is 13.9. The highest BCUT2D eigenvalue weighted by Crippen LogP contribution is 2.19. The number of rotatable bonds is 3. The van der Waals surface area contributed by atoms with Crippen molar-refractivity contribution in [2.75, 3.05) is 6.61 Å². The van der Waals surface area contributed by atoms with E-state index in [1.54, 1.807) is 0 Å². The van der Waals surface area contributed by atoms with Crippen molar-refractivity contribution >= 4 is 5.91 Å². The summed E-state index contributed by atoms with van der Waals surface area (Å²) in [5.74, 6) is 1.52. The zero-order valence-corrected chi connectivity index (χ0v) is 8.98. The van der Waals surface area contributed by atoms with Crippen molar-refractivity contribution in [3.8, 4) is 12.3 Å². The van der Waals surface area contributed by atoms with Gasteiger partial charge in [-0.2, -0.15) is 0 Å². The van der Waals surface area contributed by atoms with E-state index in [4.69, 9.17) is 16.3 Å². The minimum absolute atomic E-state index is 0.213. The van der Waals surface area contributed by atoms with Crippen LogP contribution in [0.25, 0.3) is 0 Å². The molecule has 1 amide bonds. The number of carbonyl (C=O) groups is 1. The highest BCUT2D eigenvalue weighted by Gasteiger charge is 2.44. The monoisotopic (exact) mass is 245 g/mol. The van der Waals surface area contributed by atoms with Gasteiger partial charge in [0.15, 0.2) is 6.29 Å². The fourth-order valence-electron chi connectivity index (χ4n) is 1.58. The van der Waals surface area contributed by atoms with E-state index in [2.05, 4.69) is 11.2 Å². The maximum absolute atomic E-state index is 11.2. The number of hydrogen-bond donors (Lipinski definition) is 5. The maximum Gasteiger partial charge on any atom is 0.232 e. The predicted octanol–water partition coefficient (Wildman–Crippen LogP) is -3.07. The van der Waals surface area contributed by atoms with Gasteiger partial charge in [0.25, 0.3) is 0 Å². The fourth-order valence-corrected chi connectivity index (χ4v) is 1.58. The molecule has 0 aliphatic carbocycles. The van der Waals surface area contributed by atoms with E-state index in [1.807, 2.05) is 0 Å². The summed E-state index contributed by atoms with van der Waals surface area (Å²) in [4.78, 5) is 11.2. The molecule has 0 spiro atoms. The van der Waals surface area contributed by atoms with Crippen LogP contribution in [0.4, 0.5) is 0 Å². The summed E-state index contributed by atoms with van der Waals surface area (Å²) in [6.45, 7) is -0.555. The molecule has 5 N–H and O–H groups in total. The Labute approximate surface area is 98.0 Å². The molecule has 17 heavy (non-hydrogen) atoms. The molecular formula is C10H15NO6. The highest BCUT2D eigenvalue weighted by molar-refractivity contribution is 5.78. The van der Waals surface area contributed by atoms with Gasteiger partial charge in [0.1, 0.15) is 24.4 Å². The van der Waals surface area contributed by atoms with Crippen LogP contribution in [0.2, 0.25) is 0 Å². The summed E-state index contributed by atoms with van der Waals surface area (Å²) in [6.07, 6.45) is -0.755. The third-order valence-electron chi connectivity index (χ3n) is 2.49. The Morgan fingerprint density at radius 3 is 2.53 bits per heavy atom. The molecule has 96 valence electrons. The number of carbonyl (C=O) groups excluding carboxylic acids is 1. The van der Waals surface area contributed by atoms with Gasteiger partial charge in [0.05, 0.1) is 13.0 Å². The van der Waals surface area contributed by atoms with Gasteiger partial charge in [0.2, 0.25) is 5.91 Å². The molecule has 7 nitrogen and oxygen atoms in total. The molecular weight excluding hydrogens is 230 g/mol. The second-order valence-electron chi connectivity index (χ2n) is 3.70. The van der Waals surface area contributed by atoms with E-state index in [9.17, 15) is 20.1 Å². The predicted molar refractivity (Wildman–Crippen MR) is 55.4 cm³/mol. The molecule has 7 heteroatoms. The SMILES string of the molecule is C#CCC(=O)NC1[C@H](O)OC(CO)[C@H](O)[C@@H]1O. The number of terminal acetylenes is 1. The van der Waals surface area contributed by atoms with Crippen molar-refractivity contribution in [1.82, 2.24) is 5.32 Å². The first-order chi connectivity index (χ1) is 8.01. The molecule has 1 rings (SSSR count). The van der Waals surface area contributed by atoms with Crippen LogP contribution in [0, 0.1) is 12.3 Å². The van der Waals surface area contributed by atoms with Crippen LogP contribution in [0.15, 0.2) is 0 Å². The van der Waals surface area contributed by atoms with Crippen LogP contribution >= 0.6 is 0 Å². The van der Waals surface area contributed by atoms with Gasteiger partial charge in [-0.15, -0.1) is 6.42 Å².